The summed E-state index contributed by atoms with van der Waals surface area (Å²) in [5, 5.41) is 9.38. The fourth-order valence-corrected chi connectivity index (χ4v) is 3.14. The average Bonchev–Trinajstić information content (AvgIpc) is 2.60. The SMILES string of the molecule is CC(=O)c1ccc(C#N)c(N2CCN(c3cc(C)nc(C)n3)CC2)c1. The van der Waals surface area contributed by atoms with Crippen LogP contribution in [0.25, 0.3) is 0 Å². The molecule has 6 nitrogen and oxygen atoms in total. The molecule has 1 aliphatic rings. The van der Waals surface area contributed by atoms with Gasteiger partial charge in [0.2, 0.25) is 0 Å². The van der Waals surface area contributed by atoms with Gasteiger partial charge in [0.15, 0.2) is 5.78 Å². The topological polar surface area (TPSA) is 73.1 Å². The molecule has 0 spiro atoms. The van der Waals surface area contributed by atoms with Crippen molar-refractivity contribution >= 4 is 17.3 Å². The van der Waals surface area contributed by atoms with Crippen molar-refractivity contribution in [3.63, 3.8) is 0 Å². The molecule has 1 aromatic heterocycles. The van der Waals surface area contributed by atoms with Gasteiger partial charge in [-0.1, -0.05) is 0 Å². The Hall–Kier alpha value is -2.94. The van der Waals surface area contributed by atoms with Gasteiger partial charge in [0.05, 0.1) is 11.3 Å². The van der Waals surface area contributed by atoms with Crippen molar-refractivity contribution in [2.24, 2.45) is 0 Å². The van der Waals surface area contributed by atoms with Gasteiger partial charge in [-0.3, -0.25) is 4.79 Å². The Balaban J connectivity index is 1.79. The average molecular weight is 335 g/mol. The molecule has 1 fully saturated rings. The number of hydrogen-bond donors (Lipinski definition) is 0. The van der Waals surface area contributed by atoms with Gasteiger partial charge < -0.3 is 9.80 Å². The number of piperazine rings is 1. The van der Waals surface area contributed by atoms with E-state index in [0.717, 1.165) is 49.2 Å². The van der Waals surface area contributed by atoms with E-state index in [1.165, 1.54) is 0 Å². The maximum absolute atomic E-state index is 11.7. The number of benzene rings is 1. The lowest BCUT2D eigenvalue weighted by Crippen LogP contribution is -2.47. The minimum absolute atomic E-state index is 0.0105. The van der Waals surface area contributed by atoms with Crippen molar-refractivity contribution in [2.75, 3.05) is 36.0 Å². The number of Topliss-reactive ketones (excluding diaryl/α,β-unsaturated/α-hetero) is 1. The molecule has 0 saturated carbocycles. The number of aromatic nitrogens is 2. The summed E-state index contributed by atoms with van der Waals surface area (Å²) >= 11 is 0. The van der Waals surface area contributed by atoms with E-state index in [0.29, 0.717) is 11.1 Å². The molecule has 2 heterocycles. The first-order chi connectivity index (χ1) is 12.0. The molecule has 1 aliphatic heterocycles. The van der Waals surface area contributed by atoms with Crippen LogP contribution >= 0.6 is 0 Å². The zero-order valence-corrected chi connectivity index (χ0v) is 14.8. The van der Waals surface area contributed by atoms with Crippen molar-refractivity contribution < 1.29 is 4.79 Å². The van der Waals surface area contributed by atoms with E-state index in [4.69, 9.17) is 0 Å². The van der Waals surface area contributed by atoms with Crippen molar-refractivity contribution in [3.8, 4) is 6.07 Å². The van der Waals surface area contributed by atoms with Crippen LogP contribution in [-0.2, 0) is 0 Å². The fourth-order valence-electron chi connectivity index (χ4n) is 3.14. The molecular formula is C19H21N5O. The summed E-state index contributed by atoms with van der Waals surface area (Å²) in [5.74, 6) is 1.73. The van der Waals surface area contributed by atoms with Gasteiger partial charge >= 0.3 is 0 Å². The highest BCUT2D eigenvalue weighted by atomic mass is 16.1. The first-order valence-electron chi connectivity index (χ1n) is 8.35. The van der Waals surface area contributed by atoms with Crippen LogP contribution < -0.4 is 9.80 Å². The van der Waals surface area contributed by atoms with Gasteiger partial charge in [-0.25, -0.2) is 9.97 Å². The van der Waals surface area contributed by atoms with Crippen LogP contribution in [-0.4, -0.2) is 41.9 Å². The molecular weight excluding hydrogens is 314 g/mol. The number of hydrogen-bond acceptors (Lipinski definition) is 6. The maximum Gasteiger partial charge on any atom is 0.159 e. The molecule has 1 aromatic carbocycles. The molecule has 0 bridgehead atoms. The Morgan fingerprint density at radius 2 is 1.76 bits per heavy atom. The van der Waals surface area contributed by atoms with E-state index in [1.54, 1.807) is 19.1 Å². The van der Waals surface area contributed by atoms with Crippen molar-refractivity contribution in [1.82, 2.24) is 9.97 Å². The summed E-state index contributed by atoms with van der Waals surface area (Å²) < 4.78 is 0. The molecule has 0 unspecified atom stereocenters. The second kappa shape index (κ2) is 6.89. The Morgan fingerprint density at radius 1 is 1.08 bits per heavy atom. The lowest BCUT2D eigenvalue weighted by atomic mass is 10.1. The predicted molar refractivity (Wildman–Crippen MR) is 97.1 cm³/mol. The molecule has 1 saturated heterocycles. The van der Waals surface area contributed by atoms with Gasteiger partial charge in [0.25, 0.3) is 0 Å². The molecule has 2 aromatic rings. The van der Waals surface area contributed by atoms with Crippen LogP contribution in [0.15, 0.2) is 24.3 Å². The summed E-state index contributed by atoms with van der Waals surface area (Å²) in [6, 6.07) is 9.51. The lowest BCUT2D eigenvalue weighted by molar-refractivity contribution is 0.101. The van der Waals surface area contributed by atoms with E-state index in [1.807, 2.05) is 26.0 Å². The smallest absolute Gasteiger partial charge is 0.159 e. The fraction of sp³-hybridized carbons (Fsp3) is 0.368. The Labute approximate surface area is 147 Å². The quantitative estimate of drug-likeness (QED) is 0.803. The Morgan fingerprint density at radius 3 is 2.36 bits per heavy atom. The second-order valence-electron chi connectivity index (χ2n) is 6.29. The Bertz CT molecular complexity index is 827. The molecule has 0 amide bonds. The summed E-state index contributed by atoms with van der Waals surface area (Å²) in [4.78, 5) is 24.9. The molecule has 6 heteroatoms. The summed E-state index contributed by atoms with van der Waals surface area (Å²) in [5.41, 5.74) is 3.04. The first kappa shape index (κ1) is 16.9. The molecule has 3 rings (SSSR count). The van der Waals surface area contributed by atoms with Gasteiger partial charge in [0.1, 0.15) is 17.7 Å². The zero-order chi connectivity index (χ0) is 18.0. The monoisotopic (exact) mass is 335 g/mol. The highest BCUT2D eigenvalue weighted by Gasteiger charge is 2.21. The van der Waals surface area contributed by atoms with E-state index in [-0.39, 0.29) is 5.78 Å². The van der Waals surface area contributed by atoms with E-state index >= 15 is 0 Å². The summed E-state index contributed by atoms with van der Waals surface area (Å²) in [7, 11) is 0. The number of aryl methyl sites for hydroxylation is 2. The maximum atomic E-state index is 11.7. The third kappa shape index (κ3) is 3.61. The van der Waals surface area contributed by atoms with Gasteiger partial charge in [-0.2, -0.15) is 5.26 Å². The highest BCUT2D eigenvalue weighted by Crippen LogP contribution is 2.25. The number of anilines is 2. The number of nitrogens with zero attached hydrogens (tertiary/aromatic N) is 5. The minimum atomic E-state index is 0.0105. The second-order valence-corrected chi connectivity index (χ2v) is 6.29. The van der Waals surface area contributed by atoms with Crippen LogP contribution in [0.5, 0.6) is 0 Å². The van der Waals surface area contributed by atoms with Crippen molar-refractivity contribution in [2.45, 2.75) is 20.8 Å². The zero-order valence-electron chi connectivity index (χ0n) is 14.8. The molecule has 25 heavy (non-hydrogen) atoms. The number of nitriles is 1. The third-order valence-electron chi connectivity index (χ3n) is 4.42. The normalized spacial score (nSPS) is 14.3. The van der Waals surface area contributed by atoms with E-state index in [2.05, 4.69) is 25.8 Å². The van der Waals surface area contributed by atoms with Crippen LogP contribution in [0.2, 0.25) is 0 Å². The van der Waals surface area contributed by atoms with Gasteiger partial charge in [-0.15, -0.1) is 0 Å². The first-order valence-corrected chi connectivity index (χ1v) is 8.35. The Kier molecular flexibility index (Phi) is 4.66. The van der Waals surface area contributed by atoms with Gasteiger partial charge in [-0.05, 0) is 39.0 Å². The number of rotatable bonds is 3. The lowest BCUT2D eigenvalue weighted by Gasteiger charge is -2.37. The summed E-state index contributed by atoms with van der Waals surface area (Å²) in [6.07, 6.45) is 0. The molecule has 128 valence electrons. The predicted octanol–water partition coefficient (Wildman–Crippen LogP) is 2.49. The van der Waals surface area contributed by atoms with Crippen molar-refractivity contribution in [1.29, 1.82) is 5.26 Å². The van der Waals surface area contributed by atoms with Crippen LogP contribution in [0.3, 0.4) is 0 Å². The number of carbonyl (C=O) groups is 1. The van der Waals surface area contributed by atoms with Crippen molar-refractivity contribution in [3.05, 3.63) is 46.9 Å². The summed E-state index contributed by atoms with van der Waals surface area (Å²) in [6.45, 7) is 8.59. The van der Waals surface area contributed by atoms with Crippen LogP contribution in [0.1, 0.15) is 34.4 Å². The molecule has 0 aliphatic carbocycles. The standard InChI is InChI=1S/C19H21N5O/c1-13-10-19(22-15(3)21-13)24-8-6-23(7-9-24)18-11-16(14(2)25)4-5-17(18)12-20/h4-5,10-11H,6-9H2,1-3H3. The minimum Gasteiger partial charge on any atom is -0.367 e. The molecule has 0 atom stereocenters. The third-order valence-corrected chi connectivity index (χ3v) is 4.42. The molecule has 0 radical (unpaired) electrons. The largest absolute Gasteiger partial charge is 0.367 e. The van der Waals surface area contributed by atoms with Crippen LogP contribution in [0.4, 0.5) is 11.5 Å². The highest BCUT2D eigenvalue weighted by molar-refractivity contribution is 5.95. The van der Waals surface area contributed by atoms with E-state index in [9.17, 15) is 10.1 Å². The number of ketones is 1. The number of carbonyl (C=O) groups excluding carboxylic acids is 1. The van der Waals surface area contributed by atoms with E-state index < -0.39 is 0 Å². The molecule has 0 N–H and O–H groups in total. The van der Waals surface area contributed by atoms with Gasteiger partial charge in [0, 0.05) is 43.5 Å². The van der Waals surface area contributed by atoms with Crippen LogP contribution in [0, 0.1) is 25.2 Å².